The maximum absolute atomic E-state index is 11.6. The van der Waals surface area contributed by atoms with E-state index in [4.69, 9.17) is 0 Å². The first-order valence-electron chi connectivity index (χ1n) is 6.25. The normalized spacial score (nSPS) is 10.2. The van der Waals surface area contributed by atoms with Crippen molar-refractivity contribution >= 4 is 23.2 Å². The van der Waals surface area contributed by atoms with Crippen LogP contribution in [0.15, 0.2) is 24.3 Å². The fourth-order valence-corrected chi connectivity index (χ4v) is 1.57. The van der Waals surface area contributed by atoms with Crippen molar-refractivity contribution in [2.24, 2.45) is 0 Å². The Bertz CT molecular complexity index is 439. The lowest BCUT2D eigenvalue weighted by Crippen LogP contribution is -2.33. The van der Waals surface area contributed by atoms with Crippen LogP contribution >= 0.6 is 0 Å². The van der Waals surface area contributed by atoms with E-state index in [9.17, 15) is 9.59 Å². The fraction of sp³-hybridized carbons (Fsp3) is 0.429. The van der Waals surface area contributed by atoms with E-state index in [0.717, 1.165) is 5.69 Å². The molecule has 1 rings (SSSR count). The largest absolute Gasteiger partial charge is 0.378 e. The topological polar surface area (TPSA) is 61.4 Å². The predicted octanol–water partition coefficient (Wildman–Crippen LogP) is 1.61. The number of hydrogen-bond acceptors (Lipinski definition) is 3. The van der Waals surface area contributed by atoms with Gasteiger partial charge in [-0.15, -0.1) is 0 Å². The Labute approximate surface area is 114 Å². The summed E-state index contributed by atoms with van der Waals surface area (Å²) in [5.74, 6) is -0.576. The first kappa shape index (κ1) is 15.0. The molecule has 0 fully saturated rings. The van der Waals surface area contributed by atoms with Crippen molar-refractivity contribution in [3.8, 4) is 0 Å². The van der Waals surface area contributed by atoms with Crippen LogP contribution in [0.1, 0.15) is 20.3 Å². The zero-order valence-electron chi connectivity index (χ0n) is 11.9. The van der Waals surface area contributed by atoms with Crippen molar-refractivity contribution in [2.75, 3.05) is 24.3 Å². The van der Waals surface area contributed by atoms with E-state index in [-0.39, 0.29) is 24.3 Å². The average molecular weight is 263 g/mol. The monoisotopic (exact) mass is 263 g/mol. The van der Waals surface area contributed by atoms with Gasteiger partial charge in [0.1, 0.15) is 6.42 Å². The molecule has 19 heavy (non-hydrogen) atoms. The highest BCUT2D eigenvalue weighted by molar-refractivity contribution is 6.03. The molecule has 0 spiro atoms. The van der Waals surface area contributed by atoms with Crippen LogP contribution in [0.25, 0.3) is 0 Å². The molecule has 0 aliphatic heterocycles. The Morgan fingerprint density at radius 1 is 1.11 bits per heavy atom. The van der Waals surface area contributed by atoms with Gasteiger partial charge in [0.05, 0.1) is 0 Å². The van der Waals surface area contributed by atoms with Crippen LogP contribution in [0.2, 0.25) is 0 Å². The van der Waals surface area contributed by atoms with E-state index in [1.165, 1.54) is 0 Å². The average Bonchev–Trinajstić information content (AvgIpc) is 2.27. The van der Waals surface area contributed by atoms with Gasteiger partial charge in [0.25, 0.3) is 0 Å². The Morgan fingerprint density at radius 2 is 1.68 bits per heavy atom. The summed E-state index contributed by atoms with van der Waals surface area (Å²) in [5, 5.41) is 5.37. The van der Waals surface area contributed by atoms with Gasteiger partial charge in [-0.25, -0.2) is 0 Å². The second-order valence-corrected chi connectivity index (χ2v) is 4.89. The maximum atomic E-state index is 11.6. The Kier molecular flexibility index (Phi) is 5.36. The molecule has 5 heteroatoms. The molecule has 0 bridgehead atoms. The highest BCUT2D eigenvalue weighted by atomic mass is 16.2. The summed E-state index contributed by atoms with van der Waals surface area (Å²) in [6.45, 7) is 3.71. The van der Waals surface area contributed by atoms with Gasteiger partial charge >= 0.3 is 0 Å². The van der Waals surface area contributed by atoms with Crippen LogP contribution in [0.3, 0.4) is 0 Å². The number of anilines is 2. The van der Waals surface area contributed by atoms with E-state index >= 15 is 0 Å². The molecular formula is C14H21N3O2. The lowest BCUT2D eigenvalue weighted by atomic mass is 10.2. The summed E-state index contributed by atoms with van der Waals surface area (Å²) < 4.78 is 0. The first-order valence-corrected chi connectivity index (χ1v) is 6.25. The third kappa shape index (κ3) is 5.42. The number of amides is 2. The molecule has 0 aliphatic rings. The summed E-state index contributed by atoms with van der Waals surface area (Å²) in [5.41, 5.74) is 1.74. The van der Waals surface area contributed by atoms with Gasteiger partial charge < -0.3 is 15.5 Å². The van der Waals surface area contributed by atoms with Crippen LogP contribution in [0, 0.1) is 0 Å². The minimum absolute atomic E-state index is 0.0414. The van der Waals surface area contributed by atoms with E-state index in [1.807, 2.05) is 57.1 Å². The summed E-state index contributed by atoms with van der Waals surface area (Å²) in [7, 11) is 3.90. The predicted molar refractivity (Wildman–Crippen MR) is 77.3 cm³/mol. The number of benzene rings is 1. The number of carbonyl (C=O) groups excluding carboxylic acids is 2. The number of rotatable bonds is 5. The maximum Gasteiger partial charge on any atom is 0.233 e. The molecular weight excluding hydrogens is 242 g/mol. The van der Waals surface area contributed by atoms with Crippen molar-refractivity contribution in [2.45, 2.75) is 26.3 Å². The van der Waals surface area contributed by atoms with Crippen molar-refractivity contribution in [3.05, 3.63) is 24.3 Å². The van der Waals surface area contributed by atoms with Crippen LogP contribution in [0.4, 0.5) is 11.4 Å². The lowest BCUT2D eigenvalue weighted by Gasteiger charge is -2.13. The summed E-state index contributed by atoms with van der Waals surface area (Å²) in [6.07, 6.45) is -0.159. The standard InChI is InChI=1S/C14H21N3O2/c1-10(2)15-13(18)9-14(19)16-11-5-7-12(8-6-11)17(3)4/h5-8,10H,9H2,1-4H3,(H,15,18)(H,16,19). The van der Waals surface area contributed by atoms with Gasteiger partial charge in [0, 0.05) is 31.5 Å². The van der Waals surface area contributed by atoms with E-state index in [0.29, 0.717) is 5.69 Å². The van der Waals surface area contributed by atoms with E-state index in [2.05, 4.69) is 10.6 Å². The second kappa shape index (κ2) is 6.78. The van der Waals surface area contributed by atoms with Gasteiger partial charge in [-0.1, -0.05) is 0 Å². The number of hydrogen-bond donors (Lipinski definition) is 2. The SMILES string of the molecule is CC(C)NC(=O)CC(=O)Nc1ccc(N(C)C)cc1. The Balaban J connectivity index is 2.50. The van der Waals surface area contributed by atoms with Crippen LogP contribution < -0.4 is 15.5 Å². The van der Waals surface area contributed by atoms with Crippen molar-refractivity contribution in [1.82, 2.24) is 5.32 Å². The van der Waals surface area contributed by atoms with Gasteiger partial charge in [-0.05, 0) is 38.1 Å². The number of nitrogens with zero attached hydrogens (tertiary/aromatic N) is 1. The highest BCUT2D eigenvalue weighted by Crippen LogP contribution is 2.15. The molecule has 0 unspecified atom stereocenters. The molecule has 2 N–H and O–H groups in total. The van der Waals surface area contributed by atoms with E-state index < -0.39 is 0 Å². The molecule has 0 saturated carbocycles. The first-order chi connectivity index (χ1) is 8.88. The minimum atomic E-state index is -0.309. The molecule has 0 atom stereocenters. The molecule has 2 amide bonds. The third-order valence-electron chi connectivity index (χ3n) is 2.44. The summed E-state index contributed by atoms with van der Waals surface area (Å²) >= 11 is 0. The van der Waals surface area contributed by atoms with Crippen LogP contribution in [-0.4, -0.2) is 32.0 Å². The van der Waals surface area contributed by atoms with Gasteiger partial charge in [0.2, 0.25) is 11.8 Å². The van der Waals surface area contributed by atoms with E-state index in [1.54, 1.807) is 0 Å². The molecule has 5 nitrogen and oxygen atoms in total. The smallest absolute Gasteiger partial charge is 0.233 e. The van der Waals surface area contributed by atoms with Crippen LogP contribution in [-0.2, 0) is 9.59 Å². The zero-order chi connectivity index (χ0) is 14.4. The molecule has 0 radical (unpaired) electrons. The fourth-order valence-electron chi connectivity index (χ4n) is 1.57. The zero-order valence-corrected chi connectivity index (χ0v) is 11.9. The molecule has 0 aliphatic carbocycles. The van der Waals surface area contributed by atoms with Crippen molar-refractivity contribution in [1.29, 1.82) is 0 Å². The minimum Gasteiger partial charge on any atom is -0.378 e. The number of nitrogens with one attached hydrogen (secondary N) is 2. The Morgan fingerprint density at radius 3 is 2.16 bits per heavy atom. The van der Waals surface area contributed by atoms with Crippen LogP contribution in [0.5, 0.6) is 0 Å². The van der Waals surface area contributed by atoms with Crippen molar-refractivity contribution < 1.29 is 9.59 Å². The van der Waals surface area contributed by atoms with Crippen molar-refractivity contribution in [3.63, 3.8) is 0 Å². The molecule has 0 heterocycles. The summed E-state index contributed by atoms with van der Waals surface area (Å²) in [4.78, 5) is 25.0. The summed E-state index contributed by atoms with van der Waals surface area (Å²) in [6, 6.07) is 7.48. The highest BCUT2D eigenvalue weighted by Gasteiger charge is 2.10. The molecule has 0 saturated heterocycles. The number of carbonyl (C=O) groups is 2. The van der Waals surface area contributed by atoms with Gasteiger partial charge in [0.15, 0.2) is 0 Å². The Hall–Kier alpha value is -2.04. The molecule has 1 aromatic carbocycles. The van der Waals surface area contributed by atoms with Gasteiger partial charge in [-0.3, -0.25) is 9.59 Å². The lowest BCUT2D eigenvalue weighted by molar-refractivity contribution is -0.127. The van der Waals surface area contributed by atoms with Gasteiger partial charge in [-0.2, -0.15) is 0 Å². The molecule has 0 aromatic heterocycles. The second-order valence-electron chi connectivity index (χ2n) is 4.89. The molecule has 104 valence electrons. The molecule has 1 aromatic rings. The quantitative estimate of drug-likeness (QED) is 0.793. The third-order valence-corrected chi connectivity index (χ3v) is 2.44.